The first kappa shape index (κ1) is 11.2. The van der Waals surface area contributed by atoms with Crippen LogP contribution in [0.5, 0.6) is 5.75 Å². The fraction of sp³-hybridized carbons (Fsp3) is 0.455. The van der Waals surface area contributed by atoms with E-state index in [9.17, 15) is 0 Å². The van der Waals surface area contributed by atoms with Gasteiger partial charge < -0.3 is 10.5 Å². The van der Waals surface area contributed by atoms with Crippen LogP contribution in [0.1, 0.15) is 26.3 Å². The molecular formula is C11H16ClNO. The molecule has 14 heavy (non-hydrogen) atoms. The summed E-state index contributed by atoms with van der Waals surface area (Å²) < 4.78 is 5.73. The molecule has 0 saturated heterocycles. The summed E-state index contributed by atoms with van der Waals surface area (Å²) in [5, 5.41) is 0.679. The Morgan fingerprint density at radius 3 is 2.36 bits per heavy atom. The van der Waals surface area contributed by atoms with Gasteiger partial charge in [0.2, 0.25) is 0 Å². The second-order valence-electron chi connectivity index (χ2n) is 4.31. The number of rotatable bonds is 1. The quantitative estimate of drug-likeness (QED) is 0.726. The number of anilines is 1. The van der Waals surface area contributed by atoms with Crippen molar-refractivity contribution in [1.82, 2.24) is 0 Å². The lowest BCUT2D eigenvalue weighted by Crippen LogP contribution is -2.24. The van der Waals surface area contributed by atoms with Crippen LogP contribution in [0.4, 0.5) is 5.69 Å². The smallest absolute Gasteiger partial charge is 0.147 e. The Hall–Kier alpha value is -0.890. The summed E-state index contributed by atoms with van der Waals surface area (Å²) >= 11 is 5.98. The van der Waals surface area contributed by atoms with Crippen molar-refractivity contribution in [3.05, 3.63) is 22.7 Å². The molecule has 0 unspecified atom stereocenters. The van der Waals surface area contributed by atoms with Gasteiger partial charge in [0.25, 0.3) is 0 Å². The molecule has 0 radical (unpaired) electrons. The average molecular weight is 214 g/mol. The Kier molecular flexibility index (Phi) is 2.95. The first-order valence-corrected chi connectivity index (χ1v) is 4.92. The van der Waals surface area contributed by atoms with Crippen LogP contribution in [0.15, 0.2) is 12.1 Å². The van der Waals surface area contributed by atoms with Gasteiger partial charge in [-0.3, -0.25) is 0 Å². The number of benzene rings is 1. The van der Waals surface area contributed by atoms with E-state index < -0.39 is 0 Å². The molecule has 1 rings (SSSR count). The van der Waals surface area contributed by atoms with Gasteiger partial charge in [0.1, 0.15) is 11.4 Å². The molecule has 0 heterocycles. The predicted molar refractivity (Wildman–Crippen MR) is 61.0 cm³/mol. The van der Waals surface area contributed by atoms with Crippen LogP contribution in [0.2, 0.25) is 5.02 Å². The zero-order chi connectivity index (χ0) is 10.9. The first-order valence-electron chi connectivity index (χ1n) is 4.55. The second-order valence-corrected chi connectivity index (χ2v) is 4.71. The normalized spacial score (nSPS) is 11.5. The molecule has 0 aliphatic carbocycles. The molecule has 2 nitrogen and oxygen atoms in total. The molecule has 0 saturated carbocycles. The number of nitrogen functional groups attached to an aromatic ring is 1. The van der Waals surface area contributed by atoms with Crippen molar-refractivity contribution in [1.29, 1.82) is 0 Å². The van der Waals surface area contributed by atoms with Gasteiger partial charge in [0, 0.05) is 10.6 Å². The minimum atomic E-state index is -0.260. The van der Waals surface area contributed by atoms with Crippen LogP contribution >= 0.6 is 11.6 Å². The lowest BCUT2D eigenvalue weighted by molar-refractivity contribution is 0.131. The molecule has 0 aliphatic rings. The fourth-order valence-corrected chi connectivity index (χ4v) is 1.28. The van der Waals surface area contributed by atoms with Gasteiger partial charge in [-0.25, -0.2) is 0 Å². The lowest BCUT2D eigenvalue weighted by Gasteiger charge is -2.24. The summed E-state index contributed by atoms with van der Waals surface area (Å²) in [6.07, 6.45) is 0. The van der Waals surface area contributed by atoms with Crippen LogP contribution in [-0.4, -0.2) is 5.60 Å². The zero-order valence-electron chi connectivity index (χ0n) is 9.02. The van der Waals surface area contributed by atoms with E-state index in [0.29, 0.717) is 16.5 Å². The van der Waals surface area contributed by atoms with Gasteiger partial charge in [0.15, 0.2) is 0 Å². The van der Waals surface area contributed by atoms with Gasteiger partial charge >= 0.3 is 0 Å². The Bertz CT molecular complexity index is 342. The summed E-state index contributed by atoms with van der Waals surface area (Å²) in [5.41, 5.74) is 7.07. The van der Waals surface area contributed by atoms with Crippen molar-refractivity contribution in [2.24, 2.45) is 0 Å². The van der Waals surface area contributed by atoms with Gasteiger partial charge in [-0.05, 0) is 39.8 Å². The summed E-state index contributed by atoms with van der Waals surface area (Å²) in [6, 6.07) is 3.54. The highest BCUT2D eigenvalue weighted by molar-refractivity contribution is 6.31. The average Bonchev–Trinajstić information content (AvgIpc) is 2.04. The van der Waals surface area contributed by atoms with Crippen molar-refractivity contribution in [2.45, 2.75) is 33.3 Å². The van der Waals surface area contributed by atoms with Crippen molar-refractivity contribution < 1.29 is 4.74 Å². The Balaban J connectivity index is 3.13. The zero-order valence-corrected chi connectivity index (χ0v) is 9.77. The highest BCUT2D eigenvalue weighted by Crippen LogP contribution is 2.33. The van der Waals surface area contributed by atoms with Gasteiger partial charge in [-0.15, -0.1) is 0 Å². The molecule has 0 bridgehead atoms. The van der Waals surface area contributed by atoms with E-state index in [-0.39, 0.29) is 5.60 Å². The topological polar surface area (TPSA) is 35.2 Å². The Morgan fingerprint density at radius 2 is 1.86 bits per heavy atom. The third-order valence-electron chi connectivity index (χ3n) is 1.78. The number of ether oxygens (including phenoxy) is 1. The SMILES string of the molecule is Cc1c(Cl)ccc(N)c1OC(C)(C)C. The molecule has 0 spiro atoms. The third-order valence-corrected chi connectivity index (χ3v) is 2.19. The van der Waals surface area contributed by atoms with E-state index in [1.807, 2.05) is 27.7 Å². The highest BCUT2D eigenvalue weighted by Gasteiger charge is 2.16. The van der Waals surface area contributed by atoms with E-state index in [4.69, 9.17) is 22.1 Å². The van der Waals surface area contributed by atoms with E-state index in [0.717, 1.165) is 5.56 Å². The van der Waals surface area contributed by atoms with Crippen LogP contribution in [0.3, 0.4) is 0 Å². The number of nitrogens with two attached hydrogens (primary N) is 1. The molecule has 0 aliphatic heterocycles. The monoisotopic (exact) mass is 213 g/mol. The van der Waals surface area contributed by atoms with E-state index in [1.165, 1.54) is 0 Å². The van der Waals surface area contributed by atoms with Crippen LogP contribution in [0, 0.1) is 6.92 Å². The lowest BCUT2D eigenvalue weighted by atomic mass is 10.1. The molecule has 0 amide bonds. The number of halogens is 1. The summed E-state index contributed by atoms with van der Waals surface area (Å²) in [4.78, 5) is 0. The summed E-state index contributed by atoms with van der Waals surface area (Å²) in [5.74, 6) is 0.685. The molecule has 0 aromatic heterocycles. The van der Waals surface area contributed by atoms with E-state index >= 15 is 0 Å². The van der Waals surface area contributed by atoms with Crippen molar-refractivity contribution in [2.75, 3.05) is 5.73 Å². The summed E-state index contributed by atoms with van der Waals surface area (Å²) in [7, 11) is 0. The first-order chi connectivity index (χ1) is 6.31. The van der Waals surface area contributed by atoms with E-state index in [1.54, 1.807) is 12.1 Å². The maximum Gasteiger partial charge on any atom is 0.147 e. The maximum atomic E-state index is 5.98. The van der Waals surface area contributed by atoms with Gasteiger partial charge in [-0.2, -0.15) is 0 Å². The molecule has 1 aromatic rings. The van der Waals surface area contributed by atoms with Crippen LogP contribution in [0.25, 0.3) is 0 Å². The molecule has 2 N–H and O–H groups in total. The number of hydrogen-bond donors (Lipinski definition) is 1. The molecule has 1 aromatic carbocycles. The molecule has 0 fully saturated rings. The van der Waals surface area contributed by atoms with Crippen LogP contribution in [-0.2, 0) is 0 Å². The fourth-order valence-electron chi connectivity index (χ4n) is 1.13. The Morgan fingerprint density at radius 1 is 1.29 bits per heavy atom. The van der Waals surface area contributed by atoms with Gasteiger partial charge in [-0.1, -0.05) is 11.6 Å². The summed E-state index contributed by atoms with van der Waals surface area (Å²) in [6.45, 7) is 7.84. The van der Waals surface area contributed by atoms with Crippen molar-refractivity contribution >= 4 is 17.3 Å². The Labute approximate surface area is 90.0 Å². The molecular weight excluding hydrogens is 198 g/mol. The standard InChI is InChI=1S/C11H16ClNO/c1-7-8(12)5-6-9(13)10(7)14-11(2,3)4/h5-6H,13H2,1-4H3. The minimum Gasteiger partial charge on any atom is -0.486 e. The predicted octanol–water partition coefficient (Wildman–Crippen LogP) is 3.41. The second kappa shape index (κ2) is 3.70. The van der Waals surface area contributed by atoms with E-state index in [2.05, 4.69) is 0 Å². The minimum absolute atomic E-state index is 0.260. The molecule has 3 heteroatoms. The largest absolute Gasteiger partial charge is 0.486 e. The van der Waals surface area contributed by atoms with Gasteiger partial charge in [0.05, 0.1) is 5.69 Å². The van der Waals surface area contributed by atoms with Crippen molar-refractivity contribution in [3.63, 3.8) is 0 Å². The molecule has 0 atom stereocenters. The van der Waals surface area contributed by atoms with Crippen molar-refractivity contribution in [3.8, 4) is 5.75 Å². The highest BCUT2D eigenvalue weighted by atomic mass is 35.5. The maximum absolute atomic E-state index is 5.98. The van der Waals surface area contributed by atoms with Crippen LogP contribution < -0.4 is 10.5 Å². The molecule has 78 valence electrons. The number of hydrogen-bond acceptors (Lipinski definition) is 2. The third kappa shape index (κ3) is 2.55.